The number of ether oxygens (including phenoxy) is 1. The molecule has 1 rings (SSSR count). The smallest absolute Gasteiger partial charge is 0.400 e. The van der Waals surface area contributed by atoms with Crippen molar-refractivity contribution in [1.29, 1.82) is 0 Å². The summed E-state index contributed by atoms with van der Waals surface area (Å²) in [4.78, 5) is 10.9. The highest BCUT2D eigenvalue weighted by atomic mass is 16.5. The second kappa shape index (κ2) is 2.90. The molecule has 1 fully saturated rings. The summed E-state index contributed by atoms with van der Waals surface area (Å²) < 4.78 is 5.29. The first-order valence-corrected chi connectivity index (χ1v) is 3.57. The zero-order chi connectivity index (χ0) is 8.43. The molecule has 0 N–H and O–H groups in total. The van der Waals surface area contributed by atoms with Crippen LogP contribution in [-0.2, 0) is 9.53 Å². The van der Waals surface area contributed by atoms with Crippen LogP contribution < -0.4 is 0 Å². The van der Waals surface area contributed by atoms with Crippen molar-refractivity contribution >= 4 is 11.7 Å². The van der Waals surface area contributed by atoms with Gasteiger partial charge in [-0.25, -0.2) is 9.53 Å². The maximum atomic E-state index is 10.9. The van der Waals surface area contributed by atoms with Gasteiger partial charge in [0.25, 0.3) is 5.71 Å². The lowest BCUT2D eigenvalue weighted by molar-refractivity contribution is -0.425. The van der Waals surface area contributed by atoms with Gasteiger partial charge in [0.15, 0.2) is 0 Å². The van der Waals surface area contributed by atoms with Gasteiger partial charge in [0.05, 0.1) is 12.5 Å². The van der Waals surface area contributed by atoms with Crippen LogP contribution in [0.2, 0.25) is 0 Å². The topological polar surface area (TPSA) is 52.4 Å². The second-order valence-corrected chi connectivity index (χ2v) is 2.71. The van der Waals surface area contributed by atoms with Crippen molar-refractivity contribution in [1.82, 2.24) is 0 Å². The number of hydrogen-bond donors (Lipinski definition) is 0. The quantitative estimate of drug-likeness (QED) is 0.218. The van der Waals surface area contributed by atoms with E-state index in [1.807, 2.05) is 6.92 Å². The van der Waals surface area contributed by atoms with Crippen LogP contribution in [0.25, 0.3) is 0 Å². The molecule has 0 aliphatic carbocycles. The van der Waals surface area contributed by atoms with E-state index < -0.39 is 5.97 Å². The Bertz CT molecular complexity index is 206. The molecule has 1 saturated heterocycles. The fourth-order valence-electron chi connectivity index (χ4n) is 1.18. The van der Waals surface area contributed by atoms with E-state index in [1.54, 1.807) is 0 Å². The van der Waals surface area contributed by atoms with Crippen molar-refractivity contribution in [2.75, 3.05) is 13.7 Å². The van der Waals surface area contributed by atoms with Gasteiger partial charge in [0.2, 0.25) is 0 Å². The minimum atomic E-state index is -0.471. The highest BCUT2D eigenvalue weighted by molar-refractivity contribution is 6.35. The summed E-state index contributed by atoms with van der Waals surface area (Å²) >= 11 is 0. The zero-order valence-corrected chi connectivity index (χ0v) is 6.66. The summed E-state index contributed by atoms with van der Waals surface area (Å²) in [5.41, 5.74) is 0.233. The third-order valence-corrected chi connectivity index (χ3v) is 1.80. The average Bonchev–Trinajstić information content (AvgIpc) is 1.85. The van der Waals surface area contributed by atoms with E-state index in [9.17, 15) is 10.0 Å². The Hall–Kier alpha value is -1.06. The highest BCUT2D eigenvalue weighted by Gasteiger charge is 2.31. The molecule has 0 aromatic carbocycles. The lowest BCUT2D eigenvalue weighted by Crippen LogP contribution is -2.36. The number of hydroxylamine groups is 1. The normalized spacial score (nSPS) is 29.6. The van der Waals surface area contributed by atoms with Crippen molar-refractivity contribution in [3.05, 3.63) is 5.21 Å². The van der Waals surface area contributed by atoms with Gasteiger partial charge in [-0.3, -0.25) is 0 Å². The molecule has 4 nitrogen and oxygen atoms in total. The largest absolute Gasteiger partial charge is 0.624 e. The third-order valence-electron chi connectivity index (χ3n) is 1.80. The molecular weight excluding hydrogens is 146 g/mol. The molecule has 1 heterocycles. The molecule has 0 aromatic heterocycles. The van der Waals surface area contributed by atoms with Gasteiger partial charge in [-0.05, 0) is 6.42 Å². The van der Waals surface area contributed by atoms with E-state index in [-0.39, 0.29) is 11.6 Å². The minimum absolute atomic E-state index is 0.0266. The van der Waals surface area contributed by atoms with Gasteiger partial charge < -0.3 is 9.94 Å². The van der Waals surface area contributed by atoms with Crippen LogP contribution in [0.1, 0.15) is 13.3 Å². The standard InChI is InChI=1S/C7H11NO3/c1-5-3-4-11-7(9)6(5)8(2)10/h5H,3-4H2,1-2H3. The van der Waals surface area contributed by atoms with Gasteiger partial charge in [-0.2, -0.15) is 0 Å². The van der Waals surface area contributed by atoms with E-state index in [2.05, 4.69) is 0 Å². The molecule has 1 atom stereocenters. The molecule has 0 amide bonds. The van der Waals surface area contributed by atoms with Gasteiger partial charge >= 0.3 is 5.97 Å². The molecule has 4 heteroatoms. The Morgan fingerprint density at radius 3 is 2.73 bits per heavy atom. The van der Waals surface area contributed by atoms with Crippen LogP contribution in [-0.4, -0.2) is 30.1 Å². The number of hydrogen-bond acceptors (Lipinski definition) is 3. The minimum Gasteiger partial charge on any atom is -0.624 e. The van der Waals surface area contributed by atoms with E-state index in [0.29, 0.717) is 11.3 Å². The predicted octanol–water partition coefficient (Wildman–Crippen LogP) is 0.151. The van der Waals surface area contributed by atoms with Gasteiger partial charge in [-0.15, -0.1) is 0 Å². The summed E-state index contributed by atoms with van der Waals surface area (Å²) in [5.74, 6) is -0.444. The number of carbonyl (C=O) groups is 1. The molecule has 1 aliphatic rings. The summed E-state index contributed by atoms with van der Waals surface area (Å²) in [6.07, 6.45) is 0.744. The summed E-state index contributed by atoms with van der Waals surface area (Å²) in [6, 6.07) is 0. The number of carbonyl (C=O) groups excluding carboxylic acids is 1. The monoisotopic (exact) mass is 157 g/mol. The van der Waals surface area contributed by atoms with Gasteiger partial charge in [0, 0.05) is 0 Å². The first-order chi connectivity index (χ1) is 5.13. The number of nitrogens with zero attached hydrogens (tertiary/aromatic N) is 1. The van der Waals surface area contributed by atoms with Crippen LogP contribution in [0.3, 0.4) is 0 Å². The Kier molecular flexibility index (Phi) is 2.12. The summed E-state index contributed by atoms with van der Waals surface area (Å²) in [7, 11) is 1.32. The van der Waals surface area contributed by atoms with Crippen molar-refractivity contribution < 1.29 is 14.3 Å². The summed E-state index contributed by atoms with van der Waals surface area (Å²) in [5, 5.41) is 10.8. The van der Waals surface area contributed by atoms with Crippen LogP contribution in [0.4, 0.5) is 0 Å². The fourth-order valence-corrected chi connectivity index (χ4v) is 1.18. The van der Waals surface area contributed by atoms with E-state index >= 15 is 0 Å². The Labute approximate surface area is 65.1 Å². The molecule has 0 aromatic rings. The molecule has 1 aliphatic heterocycles. The fraction of sp³-hybridized carbons (Fsp3) is 0.714. The SMILES string of the molecule is CC1CCOC(=O)C1=[N+](C)[O-]. The molecule has 0 spiro atoms. The predicted molar refractivity (Wildman–Crippen MR) is 39.3 cm³/mol. The molecule has 62 valence electrons. The van der Waals surface area contributed by atoms with Crippen LogP contribution >= 0.6 is 0 Å². The van der Waals surface area contributed by atoms with E-state index in [0.717, 1.165) is 6.42 Å². The first-order valence-electron chi connectivity index (χ1n) is 3.57. The molecule has 0 radical (unpaired) electrons. The first kappa shape index (κ1) is 8.04. The average molecular weight is 157 g/mol. The molecule has 0 saturated carbocycles. The second-order valence-electron chi connectivity index (χ2n) is 2.71. The van der Waals surface area contributed by atoms with Crippen LogP contribution in [0, 0.1) is 11.1 Å². The van der Waals surface area contributed by atoms with Crippen molar-refractivity contribution in [3.63, 3.8) is 0 Å². The van der Waals surface area contributed by atoms with Crippen molar-refractivity contribution in [2.24, 2.45) is 5.92 Å². The lowest BCUT2D eigenvalue weighted by Gasteiger charge is -2.18. The molecular formula is C7H11NO3. The number of rotatable bonds is 0. The Balaban J connectivity index is 2.88. The van der Waals surface area contributed by atoms with Crippen LogP contribution in [0.15, 0.2) is 0 Å². The number of esters is 1. The molecule has 0 bridgehead atoms. The molecule has 11 heavy (non-hydrogen) atoms. The molecule has 1 unspecified atom stereocenters. The van der Waals surface area contributed by atoms with E-state index in [1.165, 1.54) is 7.05 Å². The van der Waals surface area contributed by atoms with Crippen molar-refractivity contribution in [2.45, 2.75) is 13.3 Å². The van der Waals surface area contributed by atoms with Gasteiger partial charge in [-0.1, -0.05) is 6.92 Å². The zero-order valence-electron chi connectivity index (χ0n) is 6.66. The van der Waals surface area contributed by atoms with E-state index in [4.69, 9.17) is 4.74 Å². The third kappa shape index (κ3) is 1.50. The Morgan fingerprint density at radius 2 is 2.36 bits per heavy atom. The van der Waals surface area contributed by atoms with Crippen molar-refractivity contribution in [3.8, 4) is 0 Å². The van der Waals surface area contributed by atoms with Gasteiger partial charge in [0.1, 0.15) is 7.05 Å². The number of cyclic esters (lactones) is 1. The highest BCUT2D eigenvalue weighted by Crippen LogP contribution is 2.11. The maximum absolute atomic E-state index is 10.9. The Morgan fingerprint density at radius 1 is 1.73 bits per heavy atom. The maximum Gasteiger partial charge on any atom is 0.400 e. The van der Waals surface area contributed by atoms with Crippen LogP contribution in [0.5, 0.6) is 0 Å². The lowest BCUT2D eigenvalue weighted by atomic mass is 10.0. The summed E-state index contributed by atoms with van der Waals surface area (Å²) in [6.45, 7) is 2.28.